The first-order chi connectivity index (χ1) is 15.0. The van der Waals surface area contributed by atoms with E-state index >= 15 is 0 Å². The highest BCUT2D eigenvalue weighted by Crippen LogP contribution is 2.35. The molecule has 4 nitrogen and oxygen atoms in total. The minimum atomic E-state index is -0.303. The Balaban J connectivity index is 1.56. The molecular weight excluding hydrogens is 411 g/mol. The average Bonchev–Trinajstić information content (AvgIpc) is 2.76. The second-order valence-electron chi connectivity index (χ2n) is 7.57. The van der Waals surface area contributed by atoms with Gasteiger partial charge in [0.25, 0.3) is 5.91 Å². The highest BCUT2D eigenvalue weighted by molar-refractivity contribution is 7.99. The number of hydrogen-bond acceptors (Lipinski definition) is 3. The van der Waals surface area contributed by atoms with Gasteiger partial charge in [-0.05, 0) is 72.9 Å². The van der Waals surface area contributed by atoms with Gasteiger partial charge in [0.05, 0.1) is 11.7 Å². The predicted octanol–water partition coefficient (Wildman–Crippen LogP) is 5.74. The number of anilines is 1. The van der Waals surface area contributed by atoms with Gasteiger partial charge in [0.2, 0.25) is 5.91 Å². The normalized spacial score (nSPS) is 15.1. The molecule has 1 aliphatic rings. The topological polar surface area (TPSA) is 58.2 Å². The Morgan fingerprint density at radius 2 is 1.81 bits per heavy atom. The van der Waals surface area contributed by atoms with Crippen LogP contribution in [0.25, 0.3) is 0 Å². The molecule has 0 saturated carbocycles. The van der Waals surface area contributed by atoms with Gasteiger partial charge in [0.15, 0.2) is 0 Å². The molecule has 0 aromatic heterocycles. The number of rotatable bonds is 5. The Kier molecular flexibility index (Phi) is 6.37. The summed E-state index contributed by atoms with van der Waals surface area (Å²) < 4.78 is 13.2. The zero-order chi connectivity index (χ0) is 21.8. The number of fused-ring (bicyclic) bond motifs is 1. The molecule has 2 N–H and O–H groups in total. The molecule has 0 heterocycles. The predicted molar refractivity (Wildman–Crippen MR) is 121 cm³/mol. The lowest BCUT2D eigenvalue weighted by molar-refractivity contribution is -0.114. The Morgan fingerprint density at radius 3 is 2.58 bits per heavy atom. The summed E-state index contributed by atoms with van der Waals surface area (Å²) in [7, 11) is 0. The minimum absolute atomic E-state index is 0.0186. The molecule has 158 valence electrons. The van der Waals surface area contributed by atoms with E-state index in [0.29, 0.717) is 11.3 Å². The van der Waals surface area contributed by atoms with Crippen LogP contribution in [-0.4, -0.2) is 11.8 Å². The van der Waals surface area contributed by atoms with Crippen LogP contribution < -0.4 is 10.6 Å². The number of nitrogens with one attached hydrogen (secondary N) is 2. The van der Waals surface area contributed by atoms with Crippen molar-refractivity contribution in [3.8, 4) is 0 Å². The minimum Gasteiger partial charge on any atom is -0.345 e. The number of halogens is 1. The Bertz CT molecular complexity index is 1110. The van der Waals surface area contributed by atoms with Crippen LogP contribution in [0.1, 0.15) is 47.3 Å². The van der Waals surface area contributed by atoms with Gasteiger partial charge in [0.1, 0.15) is 5.82 Å². The summed E-state index contributed by atoms with van der Waals surface area (Å²) in [5.41, 5.74) is 3.49. The van der Waals surface area contributed by atoms with Crippen LogP contribution in [0.4, 0.5) is 10.1 Å². The first-order valence-corrected chi connectivity index (χ1v) is 11.0. The maximum atomic E-state index is 13.2. The standard InChI is InChI=1S/C25H23FN2O2S/c1-16(29)27-23-15-18(9-14-24(23)31-20-12-10-19(26)11-13-20)25(30)28-22-8-4-6-17-5-2-3-7-21(17)22/h2-3,5,7,9-15,22H,4,6,8H2,1H3,(H,27,29)(H,28,30)/t22-/m0/s1. The van der Waals surface area contributed by atoms with Gasteiger partial charge in [-0.15, -0.1) is 0 Å². The molecule has 1 atom stereocenters. The highest BCUT2D eigenvalue weighted by Gasteiger charge is 2.22. The van der Waals surface area contributed by atoms with E-state index in [4.69, 9.17) is 0 Å². The zero-order valence-corrected chi connectivity index (χ0v) is 18.0. The van der Waals surface area contributed by atoms with Crippen molar-refractivity contribution in [1.29, 1.82) is 0 Å². The fourth-order valence-corrected chi connectivity index (χ4v) is 4.70. The fraction of sp³-hybridized carbons (Fsp3) is 0.200. The first-order valence-electron chi connectivity index (χ1n) is 10.2. The second kappa shape index (κ2) is 9.35. The van der Waals surface area contributed by atoms with E-state index < -0.39 is 0 Å². The van der Waals surface area contributed by atoms with Crippen LogP contribution in [0.15, 0.2) is 76.5 Å². The smallest absolute Gasteiger partial charge is 0.251 e. The van der Waals surface area contributed by atoms with E-state index in [2.05, 4.69) is 22.8 Å². The van der Waals surface area contributed by atoms with Crippen molar-refractivity contribution in [2.24, 2.45) is 0 Å². The van der Waals surface area contributed by atoms with E-state index in [-0.39, 0.29) is 23.7 Å². The van der Waals surface area contributed by atoms with Crippen LogP contribution in [0.2, 0.25) is 0 Å². The van der Waals surface area contributed by atoms with Crippen molar-refractivity contribution < 1.29 is 14.0 Å². The van der Waals surface area contributed by atoms with Crippen molar-refractivity contribution in [2.75, 3.05) is 5.32 Å². The molecule has 31 heavy (non-hydrogen) atoms. The number of carbonyl (C=O) groups excluding carboxylic acids is 2. The molecule has 0 fully saturated rings. The molecule has 0 aliphatic heterocycles. The van der Waals surface area contributed by atoms with E-state index in [1.54, 1.807) is 24.3 Å². The van der Waals surface area contributed by atoms with Crippen LogP contribution in [-0.2, 0) is 11.2 Å². The van der Waals surface area contributed by atoms with Gasteiger partial charge in [-0.25, -0.2) is 4.39 Å². The highest BCUT2D eigenvalue weighted by atomic mass is 32.2. The second-order valence-corrected chi connectivity index (χ2v) is 8.68. The van der Waals surface area contributed by atoms with Crippen LogP contribution >= 0.6 is 11.8 Å². The fourth-order valence-electron chi connectivity index (χ4n) is 3.82. The van der Waals surface area contributed by atoms with Gasteiger partial charge in [0, 0.05) is 22.3 Å². The lowest BCUT2D eigenvalue weighted by atomic mass is 9.87. The van der Waals surface area contributed by atoms with Crippen molar-refractivity contribution in [3.63, 3.8) is 0 Å². The van der Waals surface area contributed by atoms with E-state index in [1.165, 1.54) is 41.9 Å². The first kappa shape index (κ1) is 21.1. The Morgan fingerprint density at radius 1 is 1.03 bits per heavy atom. The third-order valence-electron chi connectivity index (χ3n) is 5.27. The molecule has 1 aliphatic carbocycles. The Labute approximate surface area is 185 Å². The van der Waals surface area contributed by atoms with Gasteiger partial charge in [-0.3, -0.25) is 9.59 Å². The Hall–Kier alpha value is -3.12. The monoisotopic (exact) mass is 434 g/mol. The molecule has 2 amide bonds. The van der Waals surface area contributed by atoms with Crippen molar-refractivity contribution in [2.45, 2.75) is 42.0 Å². The quantitative estimate of drug-likeness (QED) is 0.538. The van der Waals surface area contributed by atoms with Crippen molar-refractivity contribution in [1.82, 2.24) is 5.32 Å². The summed E-state index contributed by atoms with van der Waals surface area (Å²) in [6.45, 7) is 1.43. The third-order valence-corrected chi connectivity index (χ3v) is 6.35. The number of benzene rings is 3. The molecule has 0 unspecified atom stereocenters. The third kappa shape index (κ3) is 5.14. The molecule has 3 aromatic carbocycles. The molecule has 3 aromatic rings. The summed E-state index contributed by atoms with van der Waals surface area (Å²) in [6, 6.07) is 19.6. The maximum absolute atomic E-state index is 13.2. The maximum Gasteiger partial charge on any atom is 0.251 e. The average molecular weight is 435 g/mol. The van der Waals surface area contributed by atoms with Gasteiger partial charge in [-0.2, -0.15) is 0 Å². The van der Waals surface area contributed by atoms with Crippen LogP contribution in [0, 0.1) is 5.82 Å². The number of hydrogen-bond donors (Lipinski definition) is 2. The van der Waals surface area contributed by atoms with E-state index in [0.717, 1.165) is 29.1 Å². The van der Waals surface area contributed by atoms with Gasteiger partial charge >= 0.3 is 0 Å². The lowest BCUT2D eigenvalue weighted by Crippen LogP contribution is -2.31. The number of amides is 2. The van der Waals surface area contributed by atoms with Gasteiger partial charge in [-0.1, -0.05) is 36.0 Å². The molecule has 0 saturated heterocycles. The largest absolute Gasteiger partial charge is 0.345 e. The van der Waals surface area contributed by atoms with Crippen molar-refractivity contribution in [3.05, 3.63) is 89.2 Å². The van der Waals surface area contributed by atoms with Crippen LogP contribution in [0.5, 0.6) is 0 Å². The molecule has 0 spiro atoms. The summed E-state index contributed by atoms with van der Waals surface area (Å²) in [5.74, 6) is -0.700. The summed E-state index contributed by atoms with van der Waals surface area (Å²) in [6.07, 6.45) is 2.97. The molecule has 0 bridgehead atoms. The molecule has 4 rings (SSSR count). The van der Waals surface area contributed by atoms with Crippen molar-refractivity contribution >= 4 is 29.3 Å². The lowest BCUT2D eigenvalue weighted by Gasteiger charge is -2.26. The summed E-state index contributed by atoms with van der Waals surface area (Å²) in [5, 5.41) is 5.95. The van der Waals surface area contributed by atoms with Crippen LogP contribution in [0.3, 0.4) is 0 Å². The van der Waals surface area contributed by atoms with E-state index in [9.17, 15) is 14.0 Å². The molecule has 0 radical (unpaired) electrons. The molecular formula is C25H23FN2O2S. The number of carbonyl (C=O) groups is 2. The zero-order valence-electron chi connectivity index (χ0n) is 17.2. The summed E-state index contributed by atoms with van der Waals surface area (Å²) in [4.78, 5) is 26.3. The van der Waals surface area contributed by atoms with Gasteiger partial charge < -0.3 is 10.6 Å². The van der Waals surface area contributed by atoms with E-state index in [1.807, 2.05) is 18.2 Å². The summed E-state index contributed by atoms with van der Waals surface area (Å²) >= 11 is 1.40. The molecule has 6 heteroatoms. The number of aryl methyl sites for hydroxylation is 1. The SMILES string of the molecule is CC(=O)Nc1cc(C(=O)N[C@H]2CCCc3ccccc32)ccc1Sc1ccc(F)cc1.